The van der Waals surface area contributed by atoms with Gasteiger partial charge in [0.05, 0.1) is 6.10 Å². The van der Waals surface area contributed by atoms with Crippen LogP contribution in [0.1, 0.15) is 68.6 Å². The van der Waals surface area contributed by atoms with Gasteiger partial charge in [-0.05, 0) is 43.5 Å². The Morgan fingerprint density at radius 3 is 2.56 bits per heavy atom. The standard InChI is InChI=1S/C20H30N2O3/c1-2-3-4-5-6-9-19(23)22-17-12-10-16(11-13-17)20(24)21-15-18-8-7-14-25-18/h10-13,18H,2-9,14-15H2,1H3,(H,21,24)(H,22,23). The van der Waals surface area contributed by atoms with Gasteiger partial charge < -0.3 is 15.4 Å². The van der Waals surface area contributed by atoms with Crippen molar-refractivity contribution in [2.75, 3.05) is 18.5 Å². The molecule has 5 heteroatoms. The first-order chi connectivity index (χ1) is 12.2. The molecule has 25 heavy (non-hydrogen) atoms. The summed E-state index contributed by atoms with van der Waals surface area (Å²) in [5.41, 5.74) is 1.32. The number of rotatable bonds is 10. The lowest BCUT2D eigenvalue weighted by molar-refractivity contribution is -0.116. The van der Waals surface area contributed by atoms with E-state index in [2.05, 4.69) is 17.6 Å². The van der Waals surface area contributed by atoms with Gasteiger partial charge in [0.1, 0.15) is 0 Å². The number of anilines is 1. The van der Waals surface area contributed by atoms with E-state index in [-0.39, 0.29) is 17.9 Å². The van der Waals surface area contributed by atoms with E-state index in [1.807, 2.05) is 0 Å². The molecule has 1 heterocycles. The first-order valence-electron chi connectivity index (χ1n) is 9.48. The number of hydrogen-bond donors (Lipinski definition) is 2. The second-order valence-electron chi connectivity index (χ2n) is 6.63. The molecule has 0 aromatic heterocycles. The fraction of sp³-hybridized carbons (Fsp3) is 0.600. The molecule has 2 amide bonds. The average molecular weight is 346 g/mol. The molecule has 0 aliphatic carbocycles. The summed E-state index contributed by atoms with van der Waals surface area (Å²) in [4.78, 5) is 24.0. The highest BCUT2D eigenvalue weighted by Gasteiger charge is 2.16. The predicted octanol–water partition coefficient (Wildman–Crippen LogP) is 3.89. The Kier molecular flexibility index (Phi) is 8.46. The van der Waals surface area contributed by atoms with Crippen molar-refractivity contribution in [3.63, 3.8) is 0 Å². The number of ether oxygens (including phenoxy) is 1. The van der Waals surface area contributed by atoms with E-state index >= 15 is 0 Å². The Balaban J connectivity index is 1.69. The Morgan fingerprint density at radius 2 is 1.88 bits per heavy atom. The van der Waals surface area contributed by atoms with Crippen molar-refractivity contribution < 1.29 is 14.3 Å². The van der Waals surface area contributed by atoms with Gasteiger partial charge in [-0.15, -0.1) is 0 Å². The van der Waals surface area contributed by atoms with Crippen LogP contribution in [-0.4, -0.2) is 31.1 Å². The van der Waals surface area contributed by atoms with Crippen LogP contribution in [0.25, 0.3) is 0 Å². The molecule has 1 saturated heterocycles. The molecule has 2 rings (SSSR count). The zero-order chi connectivity index (χ0) is 17.9. The summed E-state index contributed by atoms with van der Waals surface area (Å²) in [7, 11) is 0. The highest BCUT2D eigenvalue weighted by Crippen LogP contribution is 2.13. The van der Waals surface area contributed by atoms with Crippen molar-refractivity contribution in [2.45, 2.75) is 64.4 Å². The normalized spacial score (nSPS) is 16.6. The third kappa shape index (κ3) is 7.26. The lowest BCUT2D eigenvalue weighted by Gasteiger charge is -2.11. The Morgan fingerprint density at radius 1 is 1.12 bits per heavy atom. The minimum absolute atomic E-state index is 0.0343. The molecule has 138 valence electrons. The molecule has 0 bridgehead atoms. The van der Waals surface area contributed by atoms with E-state index in [0.29, 0.717) is 18.5 Å². The summed E-state index contributed by atoms with van der Waals surface area (Å²) in [5.74, 6) is -0.0728. The summed E-state index contributed by atoms with van der Waals surface area (Å²) in [6, 6.07) is 7.02. The van der Waals surface area contributed by atoms with Gasteiger partial charge in [-0.25, -0.2) is 0 Å². The molecule has 1 fully saturated rings. The molecule has 1 aromatic carbocycles. The number of hydrogen-bond acceptors (Lipinski definition) is 3. The molecule has 5 nitrogen and oxygen atoms in total. The molecule has 1 aliphatic heterocycles. The fourth-order valence-corrected chi connectivity index (χ4v) is 2.93. The van der Waals surface area contributed by atoms with E-state index in [4.69, 9.17) is 4.74 Å². The van der Waals surface area contributed by atoms with Gasteiger partial charge >= 0.3 is 0 Å². The zero-order valence-electron chi connectivity index (χ0n) is 15.2. The maximum absolute atomic E-state index is 12.1. The van der Waals surface area contributed by atoms with E-state index in [1.54, 1.807) is 24.3 Å². The van der Waals surface area contributed by atoms with Crippen LogP contribution in [0, 0.1) is 0 Å². The number of carbonyl (C=O) groups is 2. The molecule has 0 radical (unpaired) electrons. The largest absolute Gasteiger partial charge is 0.376 e. The maximum Gasteiger partial charge on any atom is 0.251 e. The van der Waals surface area contributed by atoms with Gasteiger partial charge in [0.25, 0.3) is 5.91 Å². The number of benzene rings is 1. The van der Waals surface area contributed by atoms with Crippen LogP contribution in [0.5, 0.6) is 0 Å². The third-order valence-corrected chi connectivity index (χ3v) is 4.45. The third-order valence-electron chi connectivity index (χ3n) is 4.45. The van der Waals surface area contributed by atoms with E-state index < -0.39 is 0 Å². The Bertz CT molecular complexity index is 536. The molecular weight excluding hydrogens is 316 g/mol. The van der Waals surface area contributed by atoms with Crippen molar-refractivity contribution in [3.8, 4) is 0 Å². The molecule has 0 spiro atoms. The molecule has 1 atom stereocenters. The zero-order valence-corrected chi connectivity index (χ0v) is 15.2. The maximum atomic E-state index is 12.1. The molecular formula is C20H30N2O3. The van der Waals surface area contributed by atoms with E-state index in [9.17, 15) is 9.59 Å². The summed E-state index contributed by atoms with van der Waals surface area (Å²) < 4.78 is 5.49. The van der Waals surface area contributed by atoms with Gasteiger partial charge in [-0.1, -0.05) is 32.6 Å². The van der Waals surface area contributed by atoms with Crippen LogP contribution in [0.4, 0.5) is 5.69 Å². The van der Waals surface area contributed by atoms with Crippen molar-refractivity contribution in [1.82, 2.24) is 5.32 Å². The number of carbonyl (C=O) groups excluding carboxylic acids is 2. The Labute approximate surface area is 150 Å². The smallest absolute Gasteiger partial charge is 0.251 e. The van der Waals surface area contributed by atoms with Gasteiger partial charge in [-0.2, -0.15) is 0 Å². The lowest BCUT2D eigenvalue weighted by Crippen LogP contribution is -2.31. The minimum Gasteiger partial charge on any atom is -0.376 e. The SMILES string of the molecule is CCCCCCCC(=O)Nc1ccc(C(=O)NCC2CCCO2)cc1. The molecule has 1 aliphatic rings. The van der Waals surface area contributed by atoms with Gasteiger partial charge in [0, 0.05) is 30.8 Å². The number of unbranched alkanes of at least 4 members (excludes halogenated alkanes) is 4. The minimum atomic E-state index is -0.107. The predicted molar refractivity (Wildman–Crippen MR) is 99.8 cm³/mol. The second-order valence-corrected chi connectivity index (χ2v) is 6.63. The Hall–Kier alpha value is -1.88. The highest BCUT2D eigenvalue weighted by atomic mass is 16.5. The monoisotopic (exact) mass is 346 g/mol. The van der Waals surface area contributed by atoms with Crippen molar-refractivity contribution in [3.05, 3.63) is 29.8 Å². The lowest BCUT2D eigenvalue weighted by atomic mass is 10.1. The van der Waals surface area contributed by atoms with Crippen molar-refractivity contribution in [1.29, 1.82) is 0 Å². The van der Waals surface area contributed by atoms with Crippen molar-refractivity contribution in [2.24, 2.45) is 0 Å². The first-order valence-corrected chi connectivity index (χ1v) is 9.48. The van der Waals surface area contributed by atoms with Crippen LogP contribution in [0.15, 0.2) is 24.3 Å². The number of amides is 2. The first kappa shape index (κ1) is 19.4. The molecule has 1 aromatic rings. The number of nitrogens with one attached hydrogen (secondary N) is 2. The summed E-state index contributed by atoms with van der Waals surface area (Å²) >= 11 is 0. The topological polar surface area (TPSA) is 67.4 Å². The van der Waals surface area contributed by atoms with Crippen LogP contribution in [-0.2, 0) is 9.53 Å². The summed E-state index contributed by atoms with van der Waals surface area (Å²) in [5, 5.41) is 5.78. The summed E-state index contributed by atoms with van der Waals surface area (Å²) in [6.45, 7) is 3.52. The second kappa shape index (κ2) is 10.9. The molecule has 2 N–H and O–H groups in total. The van der Waals surface area contributed by atoms with Crippen LogP contribution in [0.3, 0.4) is 0 Å². The van der Waals surface area contributed by atoms with E-state index in [0.717, 1.165) is 38.0 Å². The molecule has 0 saturated carbocycles. The summed E-state index contributed by atoms with van der Waals surface area (Å²) in [6.07, 6.45) is 8.42. The molecule has 1 unspecified atom stereocenters. The van der Waals surface area contributed by atoms with Crippen LogP contribution < -0.4 is 10.6 Å². The fourth-order valence-electron chi connectivity index (χ4n) is 2.93. The quantitative estimate of drug-likeness (QED) is 0.632. The van der Waals surface area contributed by atoms with Gasteiger partial charge in [0.15, 0.2) is 0 Å². The average Bonchev–Trinajstić information content (AvgIpc) is 3.14. The van der Waals surface area contributed by atoms with Crippen LogP contribution >= 0.6 is 0 Å². The van der Waals surface area contributed by atoms with Crippen LogP contribution in [0.2, 0.25) is 0 Å². The van der Waals surface area contributed by atoms with E-state index in [1.165, 1.54) is 19.3 Å². The highest BCUT2D eigenvalue weighted by molar-refractivity contribution is 5.95. The van der Waals surface area contributed by atoms with Crippen molar-refractivity contribution >= 4 is 17.5 Å². The van der Waals surface area contributed by atoms with Gasteiger partial charge in [-0.3, -0.25) is 9.59 Å². The van der Waals surface area contributed by atoms with Gasteiger partial charge in [0.2, 0.25) is 5.91 Å².